The number of carbonyl (C=O) groups is 1. The molecule has 1 aromatic heterocycles. The minimum atomic E-state index is -0.760. The third kappa shape index (κ3) is 2.19. The zero-order valence-corrected chi connectivity index (χ0v) is 9.87. The van der Waals surface area contributed by atoms with E-state index in [1.807, 2.05) is 0 Å². The summed E-state index contributed by atoms with van der Waals surface area (Å²) in [5.74, 6) is -0.265. The molecule has 9 nitrogen and oxygen atoms in total. The van der Waals surface area contributed by atoms with Crippen molar-refractivity contribution in [3.05, 3.63) is 16.3 Å². The number of fused-ring (bicyclic) bond motifs is 1. The summed E-state index contributed by atoms with van der Waals surface area (Å²) in [5.41, 5.74) is -0.760. The summed E-state index contributed by atoms with van der Waals surface area (Å²) in [7, 11) is 1.45. The molecule has 0 spiro atoms. The fraction of sp³-hybridized carbons (Fsp3) is 0.556. The van der Waals surface area contributed by atoms with Crippen LogP contribution in [0.25, 0.3) is 0 Å². The van der Waals surface area contributed by atoms with Crippen molar-refractivity contribution >= 4 is 11.9 Å². The molecule has 2 rings (SSSR count). The lowest BCUT2D eigenvalue weighted by Crippen LogP contribution is -2.39. The first-order chi connectivity index (χ1) is 8.43. The minimum Gasteiger partial charge on any atom is -0.445 e. The molecule has 98 valence electrons. The van der Waals surface area contributed by atoms with Crippen LogP contribution in [0, 0.1) is 10.1 Å². The van der Waals surface area contributed by atoms with E-state index in [2.05, 4.69) is 10.3 Å². The first kappa shape index (κ1) is 12.1. The summed E-state index contributed by atoms with van der Waals surface area (Å²) in [5, 5.41) is 12.8. The van der Waals surface area contributed by atoms with Gasteiger partial charge in [-0.25, -0.2) is 4.79 Å². The van der Waals surface area contributed by atoms with Gasteiger partial charge in [-0.3, -0.25) is 4.57 Å². The number of hydrogen-bond acceptors (Lipinski definition) is 6. The van der Waals surface area contributed by atoms with Gasteiger partial charge in [0, 0.05) is 12.0 Å². The Bertz CT molecular complexity index is 474. The molecule has 0 aliphatic carbocycles. The van der Waals surface area contributed by atoms with Crippen molar-refractivity contribution < 1.29 is 19.2 Å². The molecule has 9 heteroatoms. The maximum absolute atomic E-state index is 11.0. The van der Waals surface area contributed by atoms with Crippen LogP contribution in [0.1, 0.15) is 6.92 Å². The van der Waals surface area contributed by atoms with E-state index in [0.29, 0.717) is 6.54 Å². The second-order valence-electron chi connectivity index (χ2n) is 4.14. The zero-order chi connectivity index (χ0) is 13.3. The number of aromatic nitrogens is 2. The number of nitrogens with zero attached hydrogens (tertiary/aromatic N) is 3. The van der Waals surface area contributed by atoms with Gasteiger partial charge in [0.2, 0.25) is 0 Å². The van der Waals surface area contributed by atoms with Gasteiger partial charge in [0.15, 0.2) is 5.60 Å². The third-order valence-corrected chi connectivity index (χ3v) is 2.47. The molecule has 1 aromatic rings. The van der Waals surface area contributed by atoms with Crippen LogP contribution in [0.2, 0.25) is 0 Å². The average molecular weight is 256 g/mol. The van der Waals surface area contributed by atoms with E-state index in [1.54, 1.807) is 6.92 Å². The van der Waals surface area contributed by atoms with E-state index in [1.165, 1.54) is 17.8 Å². The SMILES string of the molecule is CNC(=O)OC[C@]1(C)Cn2cc([N+](=O)[O-])nc2O1. The summed E-state index contributed by atoms with van der Waals surface area (Å²) >= 11 is 0. The van der Waals surface area contributed by atoms with Crippen LogP contribution < -0.4 is 10.1 Å². The molecular weight excluding hydrogens is 244 g/mol. The van der Waals surface area contributed by atoms with Crippen LogP contribution >= 0.6 is 0 Å². The summed E-state index contributed by atoms with van der Waals surface area (Å²) in [6.07, 6.45) is 0.732. The molecule has 0 radical (unpaired) electrons. The largest absolute Gasteiger partial charge is 0.445 e. The first-order valence-corrected chi connectivity index (χ1v) is 5.18. The van der Waals surface area contributed by atoms with Gasteiger partial charge in [-0.2, -0.15) is 0 Å². The molecule has 2 heterocycles. The molecule has 0 bridgehead atoms. The second kappa shape index (κ2) is 4.17. The van der Waals surface area contributed by atoms with Gasteiger partial charge in [-0.05, 0) is 11.8 Å². The Labute approximate surface area is 102 Å². The number of hydrogen-bond donors (Lipinski definition) is 1. The highest BCUT2D eigenvalue weighted by Gasteiger charge is 2.41. The number of nitro groups is 1. The smallest absolute Gasteiger partial charge is 0.415 e. The van der Waals surface area contributed by atoms with Crippen LogP contribution in [0.4, 0.5) is 10.6 Å². The third-order valence-electron chi connectivity index (χ3n) is 2.47. The highest BCUT2D eigenvalue weighted by molar-refractivity contribution is 5.66. The van der Waals surface area contributed by atoms with Gasteiger partial charge < -0.3 is 24.9 Å². The quantitative estimate of drug-likeness (QED) is 0.615. The molecule has 1 N–H and O–H groups in total. The topological polar surface area (TPSA) is 109 Å². The number of imidazole rings is 1. The monoisotopic (exact) mass is 256 g/mol. The van der Waals surface area contributed by atoms with Crippen molar-refractivity contribution in [2.75, 3.05) is 13.7 Å². The van der Waals surface area contributed by atoms with E-state index in [0.717, 1.165) is 0 Å². The van der Waals surface area contributed by atoms with Gasteiger partial charge in [0.1, 0.15) is 12.8 Å². The molecule has 1 atom stereocenters. The number of amides is 1. The predicted octanol–water partition coefficient (Wildman–Crippen LogP) is 0.298. The van der Waals surface area contributed by atoms with E-state index in [9.17, 15) is 14.9 Å². The highest BCUT2D eigenvalue weighted by atomic mass is 16.6. The Morgan fingerprint density at radius 3 is 3.11 bits per heavy atom. The average Bonchev–Trinajstić information content (AvgIpc) is 2.81. The summed E-state index contributed by atoms with van der Waals surface area (Å²) in [6.45, 7) is 2.10. The molecule has 0 saturated carbocycles. The van der Waals surface area contributed by atoms with Crippen molar-refractivity contribution in [2.45, 2.75) is 19.1 Å². The van der Waals surface area contributed by atoms with Crippen LogP contribution in [0.3, 0.4) is 0 Å². The molecule has 18 heavy (non-hydrogen) atoms. The summed E-state index contributed by atoms with van der Waals surface area (Å²) < 4.78 is 11.9. The fourth-order valence-electron chi connectivity index (χ4n) is 1.65. The summed E-state index contributed by atoms with van der Waals surface area (Å²) in [4.78, 5) is 24.6. The van der Waals surface area contributed by atoms with E-state index >= 15 is 0 Å². The maximum Gasteiger partial charge on any atom is 0.415 e. The Balaban J connectivity index is 2.02. The normalized spacial score (nSPS) is 21.0. The van der Waals surface area contributed by atoms with Gasteiger partial charge in [-0.1, -0.05) is 0 Å². The maximum atomic E-state index is 11.0. The van der Waals surface area contributed by atoms with Gasteiger partial charge in [-0.15, -0.1) is 0 Å². The molecule has 1 aliphatic rings. The standard InChI is InChI=1S/C9H12N4O5/c1-9(5-17-8(14)10-2)4-12-3-6(13(15)16)11-7(12)18-9/h3H,4-5H2,1-2H3,(H,10,14)/t9-/m0/s1. The molecule has 1 aliphatic heterocycles. The molecule has 0 fully saturated rings. The van der Waals surface area contributed by atoms with Gasteiger partial charge >= 0.3 is 17.9 Å². The molecule has 1 amide bonds. The highest BCUT2D eigenvalue weighted by Crippen LogP contribution is 2.30. The Morgan fingerprint density at radius 2 is 2.56 bits per heavy atom. The van der Waals surface area contributed by atoms with Crippen molar-refractivity contribution in [3.63, 3.8) is 0 Å². The van der Waals surface area contributed by atoms with E-state index < -0.39 is 16.6 Å². The van der Waals surface area contributed by atoms with Crippen LogP contribution in [-0.4, -0.2) is 39.8 Å². The summed E-state index contributed by atoms with van der Waals surface area (Å²) in [6, 6.07) is 0.157. The molecule has 0 saturated heterocycles. The van der Waals surface area contributed by atoms with Crippen LogP contribution in [0.15, 0.2) is 6.20 Å². The van der Waals surface area contributed by atoms with Crippen molar-refractivity contribution in [1.82, 2.24) is 14.9 Å². The van der Waals surface area contributed by atoms with Crippen LogP contribution in [-0.2, 0) is 11.3 Å². The molecule has 0 unspecified atom stereocenters. The van der Waals surface area contributed by atoms with Crippen molar-refractivity contribution in [1.29, 1.82) is 0 Å². The minimum absolute atomic E-state index is 0.0316. The Hall–Kier alpha value is -2.32. The number of ether oxygens (including phenoxy) is 2. The molecular formula is C9H12N4O5. The first-order valence-electron chi connectivity index (χ1n) is 5.18. The zero-order valence-electron chi connectivity index (χ0n) is 9.87. The van der Waals surface area contributed by atoms with Gasteiger partial charge in [0.25, 0.3) is 0 Å². The number of rotatable bonds is 3. The lowest BCUT2D eigenvalue weighted by Gasteiger charge is -2.20. The molecule has 0 aromatic carbocycles. The number of nitrogens with one attached hydrogen (secondary N) is 1. The predicted molar refractivity (Wildman–Crippen MR) is 58.3 cm³/mol. The Kier molecular flexibility index (Phi) is 2.81. The second-order valence-corrected chi connectivity index (χ2v) is 4.14. The van der Waals surface area contributed by atoms with Crippen molar-refractivity contribution in [2.24, 2.45) is 0 Å². The number of carbonyl (C=O) groups excluding carboxylic acids is 1. The van der Waals surface area contributed by atoms with Crippen LogP contribution in [0.5, 0.6) is 6.01 Å². The number of alkyl carbamates (subject to hydrolysis) is 1. The lowest BCUT2D eigenvalue weighted by molar-refractivity contribution is -0.389. The Morgan fingerprint density at radius 1 is 1.83 bits per heavy atom. The van der Waals surface area contributed by atoms with Crippen molar-refractivity contribution in [3.8, 4) is 6.01 Å². The lowest BCUT2D eigenvalue weighted by atomic mass is 10.1. The van der Waals surface area contributed by atoms with Gasteiger partial charge in [0.05, 0.1) is 6.54 Å². The van der Waals surface area contributed by atoms with E-state index in [4.69, 9.17) is 9.47 Å². The fourth-order valence-corrected chi connectivity index (χ4v) is 1.65. The van der Waals surface area contributed by atoms with E-state index in [-0.39, 0.29) is 18.4 Å².